The number of nitrogens with zero attached hydrogens (tertiary/aromatic N) is 1. The second-order valence-electron chi connectivity index (χ2n) is 4.55. The van der Waals surface area contributed by atoms with Crippen LogP contribution in [0.25, 0.3) is 0 Å². The highest BCUT2D eigenvalue weighted by Crippen LogP contribution is 2.47. The zero-order chi connectivity index (χ0) is 9.47. The molecule has 0 bridgehead atoms. The van der Waals surface area contributed by atoms with Gasteiger partial charge in [-0.3, -0.25) is 4.79 Å². The summed E-state index contributed by atoms with van der Waals surface area (Å²) in [6, 6.07) is 0.352. The molecule has 2 rings (SSSR count). The highest BCUT2D eigenvalue weighted by molar-refractivity contribution is 5.86. The minimum Gasteiger partial charge on any atom is -0.338 e. The maximum Gasteiger partial charge on any atom is 0.230 e. The summed E-state index contributed by atoms with van der Waals surface area (Å²) in [5, 5.41) is 3.35. The molecule has 0 aromatic rings. The van der Waals surface area contributed by atoms with Gasteiger partial charge in [-0.1, -0.05) is 0 Å². The Balaban J connectivity index is 2.14. The van der Waals surface area contributed by atoms with E-state index in [1.54, 1.807) is 0 Å². The van der Waals surface area contributed by atoms with E-state index in [9.17, 15) is 4.79 Å². The predicted octanol–water partition coefficient (Wildman–Crippen LogP) is 0.607. The molecule has 1 saturated heterocycles. The Hall–Kier alpha value is -0.570. The van der Waals surface area contributed by atoms with Crippen LogP contribution < -0.4 is 5.32 Å². The third-order valence-corrected chi connectivity index (χ3v) is 3.18. The SMILES string of the molecule is CC(C)N1CCNCC2(CC2)C1=O. The molecule has 1 N–H and O–H groups in total. The Bertz CT molecular complexity index is 221. The van der Waals surface area contributed by atoms with Gasteiger partial charge in [0.2, 0.25) is 5.91 Å². The fraction of sp³-hybridized carbons (Fsp3) is 0.900. The van der Waals surface area contributed by atoms with E-state index in [0.717, 1.165) is 32.5 Å². The van der Waals surface area contributed by atoms with Crippen LogP contribution in [0.5, 0.6) is 0 Å². The van der Waals surface area contributed by atoms with E-state index in [0.29, 0.717) is 11.9 Å². The molecular weight excluding hydrogens is 164 g/mol. The first-order valence-electron chi connectivity index (χ1n) is 5.17. The third-order valence-electron chi connectivity index (χ3n) is 3.18. The lowest BCUT2D eigenvalue weighted by Gasteiger charge is -2.27. The number of nitrogens with one attached hydrogen (secondary N) is 1. The van der Waals surface area contributed by atoms with E-state index in [4.69, 9.17) is 0 Å². The van der Waals surface area contributed by atoms with Gasteiger partial charge in [-0.2, -0.15) is 0 Å². The number of rotatable bonds is 1. The lowest BCUT2D eigenvalue weighted by molar-refractivity contribution is -0.137. The minimum atomic E-state index is 0.000764. The van der Waals surface area contributed by atoms with Gasteiger partial charge in [-0.15, -0.1) is 0 Å². The summed E-state index contributed by atoms with van der Waals surface area (Å²) in [4.78, 5) is 14.1. The van der Waals surface area contributed by atoms with Crippen LogP contribution in [-0.2, 0) is 4.79 Å². The maximum atomic E-state index is 12.1. The standard InChI is InChI=1S/C10H18N2O/c1-8(2)12-6-5-11-7-10(3-4-10)9(12)13/h8,11H,3-7H2,1-2H3. The van der Waals surface area contributed by atoms with Gasteiger partial charge in [0, 0.05) is 25.7 Å². The highest BCUT2D eigenvalue weighted by atomic mass is 16.2. The molecule has 74 valence electrons. The van der Waals surface area contributed by atoms with Gasteiger partial charge in [0.25, 0.3) is 0 Å². The summed E-state index contributed by atoms with van der Waals surface area (Å²) < 4.78 is 0. The van der Waals surface area contributed by atoms with E-state index >= 15 is 0 Å². The van der Waals surface area contributed by atoms with Crippen molar-refractivity contribution in [3.05, 3.63) is 0 Å². The highest BCUT2D eigenvalue weighted by Gasteiger charge is 2.52. The van der Waals surface area contributed by atoms with Gasteiger partial charge in [-0.25, -0.2) is 0 Å². The Morgan fingerprint density at radius 1 is 1.46 bits per heavy atom. The molecular formula is C10H18N2O. The Morgan fingerprint density at radius 2 is 2.15 bits per heavy atom. The number of carbonyl (C=O) groups is 1. The van der Waals surface area contributed by atoms with Crippen molar-refractivity contribution < 1.29 is 4.79 Å². The monoisotopic (exact) mass is 182 g/mol. The molecule has 0 atom stereocenters. The molecule has 0 unspecified atom stereocenters. The number of amides is 1. The average molecular weight is 182 g/mol. The van der Waals surface area contributed by atoms with E-state index < -0.39 is 0 Å². The Labute approximate surface area is 79.5 Å². The molecule has 0 aromatic heterocycles. The second kappa shape index (κ2) is 2.98. The van der Waals surface area contributed by atoms with Crippen LogP contribution in [0.2, 0.25) is 0 Å². The fourth-order valence-electron chi connectivity index (χ4n) is 2.04. The lowest BCUT2D eigenvalue weighted by Crippen LogP contribution is -2.42. The largest absolute Gasteiger partial charge is 0.338 e. The van der Waals surface area contributed by atoms with Crippen LogP contribution in [0.1, 0.15) is 26.7 Å². The first kappa shape index (κ1) is 9.00. The number of hydrogen-bond acceptors (Lipinski definition) is 2. The molecule has 13 heavy (non-hydrogen) atoms. The molecule has 1 aliphatic heterocycles. The molecule has 2 aliphatic rings. The van der Waals surface area contributed by atoms with Crippen molar-refractivity contribution in [3.63, 3.8) is 0 Å². The zero-order valence-corrected chi connectivity index (χ0v) is 8.47. The van der Waals surface area contributed by atoms with Crippen molar-refractivity contribution in [1.82, 2.24) is 10.2 Å². The van der Waals surface area contributed by atoms with Crippen LogP contribution in [0.4, 0.5) is 0 Å². The van der Waals surface area contributed by atoms with Crippen molar-refractivity contribution in [2.45, 2.75) is 32.7 Å². The normalized spacial score (nSPS) is 26.7. The maximum absolute atomic E-state index is 12.1. The summed E-state index contributed by atoms with van der Waals surface area (Å²) in [6.45, 7) is 6.91. The number of carbonyl (C=O) groups excluding carboxylic acids is 1. The molecule has 0 radical (unpaired) electrons. The lowest BCUT2D eigenvalue weighted by atomic mass is 10.1. The molecule has 1 heterocycles. The van der Waals surface area contributed by atoms with Gasteiger partial charge in [0.05, 0.1) is 5.41 Å². The second-order valence-corrected chi connectivity index (χ2v) is 4.55. The van der Waals surface area contributed by atoms with Gasteiger partial charge in [-0.05, 0) is 26.7 Å². The van der Waals surface area contributed by atoms with Crippen LogP contribution in [0, 0.1) is 5.41 Å². The molecule has 1 saturated carbocycles. The molecule has 0 aromatic carbocycles. The summed E-state index contributed by atoms with van der Waals surface area (Å²) in [5.41, 5.74) is 0.000764. The predicted molar refractivity (Wildman–Crippen MR) is 51.4 cm³/mol. The zero-order valence-electron chi connectivity index (χ0n) is 8.47. The van der Waals surface area contributed by atoms with Gasteiger partial charge in [0.1, 0.15) is 0 Å². The Kier molecular flexibility index (Phi) is 2.06. The molecule has 3 heteroatoms. The smallest absolute Gasteiger partial charge is 0.230 e. The molecule has 1 amide bonds. The van der Waals surface area contributed by atoms with Crippen molar-refractivity contribution in [3.8, 4) is 0 Å². The van der Waals surface area contributed by atoms with Gasteiger partial charge >= 0.3 is 0 Å². The van der Waals surface area contributed by atoms with Crippen LogP contribution in [-0.4, -0.2) is 36.5 Å². The topological polar surface area (TPSA) is 32.3 Å². The van der Waals surface area contributed by atoms with Crippen LogP contribution in [0.15, 0.2) is 0 Å². The van der Waals surface area contributed by atoms with Crippen molar-refractivity contribution in [2.24, 2.45) is 5.41 Å². The first-order chi connectivity index (χ1) is 6.16. The molecule has 1 aliphatic carbocycles. The van der Waals surface area contributed by atoms with E-state index in [-0.39, 0.29) is 5.41 Å². The van der Waals surface area contributed by atoms with E-state index in [2.05, 4.69) is 19.2 Å². The average Bonchev–Trinajstić information content (AvgIpc) is 2.84. The summed E-state index contributed by atoms with van der Waals surface area (Å²) in [6.07, 6.45) is 2.17. The van der Waals surface area contributed by atoms with Gasteiger partial charge < -0.3 is 10.2 Å². The van der Waals surface area contributed by atoms with Crippen LogP contribution in [0.3, 0.4) is 0 Å². The van der Waals surface area contributed by atoms with Crippen molar-refractivity contribution in [1.29, 1.82) is 0 Å². The van der Waals surface area contributed by atoms with Crippen molar-refractivity contribution >= 4 is 5.91 Å². The van der Waals surface area contributed by atoms with Crippen LogP contribution >= 0.6 is 0 Å². The molecule has 1 spiro atoms. The Morgan fingerprint density at radius 3 is 2.69 bits per heavy atom. The summed E-state index contributed by atoms with van der Waals surface area (Å²) >= 11 is 0. The van der Waals surface area contributed by atoms with E-state index in [1.165, 1.54) is 0 Å². The van der Waals surface area contributed by atoms with Crippen molar-refractivity contribution in [2.75, 3.05) is 19.6 Å². The van der Waals surface area contributed by atoms with E-state index in [1.807, 2.05) is 4.90 Å². The number of hydrogen-bond donors (Lipinski definition) is 1. The summed E-state index contributed by atoms with van der Waals surface area (Å²) in [7, 11) is 0. The quantitative estimate of drug-likeness (QED) is 0.644. The minimum absolute atomic E-state index is 0.000764. The third kappa shape index (κ3) is 1.46. The molecule has 2 fully saturated rings. The first-order valence-corrected chi connectivity index (χ1v) is 5.17. The molecule has 3 nitrogen and oxygen atoms in total. The van der Waals surface area contributed by atoms with Gasteiger partial charge in [0.15, 0.2) is 0 Å². The fourth-order valence-corrected chi connectivity index (χ4v) is 2.04. The summed E-state index contributed by atoms with van der Waals surface area (Å²) in [5.74, 6) is 0.382.